The van der Waals surface area contributed by atoms with E-state index in [2.05, 4.69) is 30.6 Å². The minimum absolute atomic E-state index is 0.200. The molecule has 2 aliphatic rings. The highest BCUT2D eigenvalue weighted by Gasteiger charge is 2.35. The molecule has 2 N–H and O–H groups in total. The van der Waals surface area contributed by atoms with Gasteiger partial charge < -0.3 is 10.2 Å². The zero-order valence-electron chi connectivity index (χ0n) is 14.3. The Hall–Kier alpha value is -2.40. The van der Waals surface area contributed by atoms with Crippen molar-refractivity contribution in [3.8, 4) is 0 Å². The van der Waals surface area contributed by atoms with Crippen LogP contribution in [0.15, 0.2) is 12.4 Å². The summed E-state index contributed by atoms with van der Waals surface area (Å²) in [7, 11) is 0. The van der Waals surface area contributed by atoms with Crippen LogP contribution in [-0.2, 0) is 4.79 Å². The van der Waals surface area contributed by atoms with Gasteiger partial charge in [-0.05, 0) is 6.92 Å². The number of aryl methyl sites for hydroxylation is 1. The van der Waals surface area contributed by atoms with Crippen LogP contribution in [0.3, 0.4) is 0 Å². The zero-order chi connectivity index (χ0) is 18.3. The molecule has 2 fully saturated rings. The molecule has 26 heavy (non-hydrogen) atoms. The van der Waals surface area contributed by atoms with Crippen LogP contribution in [0.4, 0.5) is 14.6 Å². The molecule has 2 aromatic rings. The number of halogens is 2. The maximum atomic E-state index is 13.0. The maximum absolute atomic E-state index is 13.0. The molecule has 2 aliphatic heterocycles. The number of hydrogen-bond donors (Lipinski definition) is 2. The first-order valence-corrected chi connectivity index (χ1v) is 8.51. The lowest BCUT2D eigenvalue weighted by atomic mass is 10.1. The van der Waals surface area contributed by atoms with E-state index in [-0.39, 0.29) is 12.3 Å². The Labute approximate surface area is 148 Å². The molecule has 2 aromatic heterocycles. The van der Waals surface area contributed by atoms with Crippen LogP contribution in [0.2, 0.25) is 0 Å². The van der Waals surface area contributed by atoms with Gasteiger partial charge in [-0.25, -0.2) is 13.8 Å². The van der Waals surface area contributed by atoms with Crippen LogP contribution < -0.4 is 15.5 Å². The highest BCUT2D eigenvalue weighted by atomic mass is 19.3. The Balaban J connectivity index is 1.45. The molecule has 2 atom stereocenters. The summed E-state index contributed by atoms with van der Waals surface area (Å²) in [6.45, 7) is 4.48. The van der Waals surface area contributed by atoms with Gasteiger partial charge in [0, 0.05) is 44.4 Å². The molecular weight excluding hydrogens is 346 g/mol. The van der Waals surface area contributed by atoms with E-state index in [1.807, 2.05) is 17.9 Å². The summed E-state index contributed by atoms with van der Waals surface area (Å²) in [5.41, 5.74) is 0.851. The van der Waals surface area contributed by atoms with Crippen molar-refractivity contribution in [2.75, 3.05) is 31.1 Å². The number of fused-ring (bicyclic) bond motifs is 1. The van der Waals surface area contributed by atoms with Crippen molar-refractivity contribution in [2.24, 2.45) is 0 Å². The SMILES string of the molecule is Cc1cc(N2CCN(C3NC(=O)CC(C(F)F)N3)CC2)n2ncnc2n1. The summed E-state index contributed by atoms with van der Waals surface area (Å²) >= 11 is 0. The van der Waals surface area contributed by atoms with Gasteiger partial charge >= 0.3 is 0 Å². The molecule has 0 spiro atoms. The topological polar surface area (TPSA) is 90.7 Å². The molecular formula is C15H20F2N8O. The summed E-state index contributed by atoms with van der Waals surface area (Å²) in [4.78, 5) is 24.3. The largest absolute Gasteiger partial charge is 0.354 e. The first-order valence-electron chi connectivity index (χ1n) is 8.51. The van der Waals surface area contributed by atoms with Crippen LogP contribution in [0.5, 0.6) is 0 Å². The Morgan fingerprint density at radius 2 is 2.04 bits per heavy atom. The zero-order valence-corrected chi connectivity index (χ0v) is 14.3. The molecule has 1 amide bonds. The lowest BCUT2D eigenvalue weighted by molar-refractivity contribution is -0.129. The van der Waals surface area contributed by atoms with E-state index in [1.54, 1.807) is 4.52 Å². The van der Waals surface area contributed by atoms with E-state index in [4.69, 9.17) is 0 Å². The van der Waals surface area contributed by atoms with Gasteiger partial charge in [-0.15, -0.1) is 0 Å². The van der Waals surface area contributed by atoms with Crippen molar-refractivity contribution >= 4 is 17.5 Å². The third-order valence-corrected chi connectivity index (χ3v) is 4.74. The molecule has 11 heteroatoms. The maximum Gasteiger partial charge on any atom is 0.254 e. The summed E-state index contributed by atoms with van der Waals surface area (Å²) in [6.07, 6.45) is -1.87. The van der Waals surface area contributed by atoms with Gasteiger partial charge in [0.1, 0.15) is 18.4 Å². The quantitative estimate of drug-likeness (QED) is 0.763. The second kappa shape index (κ2) is 6.72. The molecule has 0 aliphatic carbocycles. The minimum atomic E-state index is -2.56. The summed E-state index contributed by atoms with van der Waals surface area (Å²) < 4.78 is 27.7. The van der Waals surface area contributed by atoms with Crippen LogP contribution in [0.1, 0.15) is 12.1 Å². The molecule has 4 heterocycles. The van der Waals surface area contributed by atoms with Gasteiger partial charge in [0.25, 0.3) is 12.2 Å². The van der Waals surface area contributed by atoms with Crippen molar-refractivity contribution < 1.29 is 13.6 Å². The van der Waals surface area contributed by atoms with Crippen LogP contribution >= 0.6 is 0 Å². The van der Waals surface area contributed by atoms with E-state index in [1.165, 1.54) is 6.33 Å². The number of nitrogens with one attached hydrogen (secondary N) is 2. The third kappa shape index (κ3) is 3.19. The Bertz CT molecular complexity index is 804. The van der Waals surface area contributed by atoms with E-state index >= 15 is 0 Å². The van der Waals surface area contributed by atoms with Gasteiger partial charge in [-0.1, -0.05) is 0 Å². The number of hydrogen-bond acceptors (Lipinski definition) is 7. The molecule has 140 valence electrons. The van der Waals surface area contributed by atoms with Crippen molar-refractivity contribution in [3.63, 3.8) is 0 Å². The van der Waals surface area contributed by atoms with Gasteiger partial charge in [0.15, 0.2) is 0 Å². The number of anilines is 1. The Kier molecular flexibility index (Phi) is 4.41. The molecule has 4 rings (SSSR count). The average Bonchev–Trinajstić information content (AvgIpc) is 3.09. The minimum Gasteiger partial charge on any atom is -0.354 e. The third-order valence-electron chi connectivity index (χ3n) is 4.74. The fraction of sp³-hybridized carbons (Fsp3) is 0.600. The highest BCUT2D eigenvalue weighted by Crippen LogP contribution is 2.19. The molecule has 0 aromatic carbocycles. The second-order valence-corrected chi connectivity index (χ2v) is 6.53. The summed E-state index contributed by atoms with van der Waals surface area (Å²) in [6, 6.07) is 0.842. The van der Waals surface area contributed by atoms with Crippen LogP contribution in [-0.4, -0.2) is 75.3 Å². The average molecular weight is 366 g/mol. The fourth-order valence-corrected chi connectivity index (χ4v) is 3.42. The first kappa shape index (κ1) is 17.0. The fourth-order valence-electron chi connectivity index (χ4n) is 3.42. The standard InChI is InChI=1S/C15H20F2N8O/c1-9-6-12(25-14(20-9)18-8-19-25)23-2-4-24(5-3-23)15-21-10(13(16)17)7-11(26)22-15/h6,8,10,13,15,21H,2-5,7H2,1H3,(H,22,26). The van der Waals surface area contributed by atoms with Gasteiger partial charge in [0.2, 0.25) is 5.91 Å². The number of aromatic nitrogens is 4. The van der Waals surface area contributed by atoms with Crippen LogP contribution in [0.25, 0.3) is 5.78 Å². The Morgan fingerprint density at radius 1 is 1.27 bits per heavy atom. The summed E-state index contributed by atoms with van der Waals surface area (Å²) in [5, 5.41) is 9.79. The normalized spacial score (nSPS) is 25.1. The number of carbonyl (C=O) groups excluding carboxylic acids is 1. The number of piperazine rings is 1. The molecule has 0 saturated carbocycles. The van der Waals surface area contributed by atoms with E-state index in [0.29, 0.717) is 32.0 Å². The number of rotatable bonds is 3. The molecule has 2 saturated heterocycles. The summed E-state index contributed by atoms with van der Waals surface area (Å²) in [5.74, 6) is 1.09. The van der Waals surface area contributed by atoms with Gasteiger partial charge in [-0.3, -0.25) is 15.0 Å². The number of nitrogens with zero attached hydrogens (tertiary/aromatic N) is 6. The molecule has 9 nitrogen and oxygen atoms in total. The molecule has 2 unspecified atom stereocenters. The van der Waals surface area contributed by atoms with Crippen molar-refractivity contribution in [1.82, 2.24) is 35.1 Å². The first-order chi connectivity index (χ1) is 12.5. The van der Waals surface area contributed by atoms with Crippen molar-refractivity contribution in [3.05, 3.63) is 18.1 Å². The number of alkyl halides is 2. The van der Waals surface area contributed by atoms with Gasteiger partial charge in [0.05, 0.1) is 6.04 Å². The second-order valence-electron chi connectivity index (χ2n) is 6.53. The lowest BCUT2D eigenvalue weighted by Crippen LogP contribution is -2.67. The monoisotopic (exact) mass is 366 g/mol. The van der Waals surface area contributed by atoms with Gasteiger partial charge in [-0.2, -0.15) is 14.6 Å². The van der Waals surface area contributed by atoms with E-state index < -0.39 is 18.8 Å². The lowest BCUT2D eigenvalue weighted by Gasteiger charge is -2.43. The van der Waals surface area contributed by atoms with E-state index in [0.717, 1.165) is 11.5 Å². The van der Waals surface area contributed by atoms with E-state index in [9.17, 15) is 13.6 Å². The molecule has 0 radical (unpaired) electrons. The molecule has 0 bridgehead atoms. The predicted octanol–water partition coefficient (Wildman–Crippen LogP) is -0.418. The number of carbonyl (C=O) groups is 1. The highest BCUT2D eigenvalue weighted by molar-refractivity contribution is 5.77. The van der Waals surface area contributed by atoms with Crippen molar-refractivity contribution in [1.29, 1.82) is 0 Å². The van der Waals surface area contributed by atoms with Crippen LogP contribution in [0, 0.1) is 6.92 Å². The predicted molar refractivity (Wildman–Crippen MR) is 88.8 cm³/mol. The van der Waals surface area contributed by atoms with Crippen molar-refractivity contribution in [2.45, 2.75) is 32.1 Å². The number of amides is 1. The Morgan fingerprint density at radius 3 is 2.77 bits per heavy atom. The smallest absolute Gasteiger partial charge is 0.254 e.